The Bertz CT molecular complexity index is 792. The molecule has 1 aromatic carbocycles. The molecule has 10 heteroatoms. The summed E-state index contributed by atoms with van der Waals surface area (Å²) in [6.07, 6.45) is 0. The standard InChI is InChI=1S/C20H27N5O4S/c1-14(11-24-9-7-23(2)8-10-24)21-18(27)19(28)22-16-5-3-15(4-6-16)12-25-17(26)13-30-20(25)29/h3-6,14H,7-13H2,1-2H3,(H,21,27)(H,22,28). The molecule has 2 N–H and O–H groups in total. The summed E-state index contributed by atoms with van der Waals surface area (Å²) in [5, 5.41) is 5.06. The van der Waals surface area contributed by atoms with E-state index in [1.165, 1.54) is 4.90 Å². The maximum Gasteiger partial charge on any atom is 0.313 e. The Labute approximate surface area is 180 Å². The Hall–Kier alpha value is -2.43. The molecule has 0 bridgehead atoms. The monoisotopic (exact) mass is 433 g/mol. The number of likely N-dealkylation sites (N-methyl/N-ethyl adjacent to an activating group) is 1. The zero-order valence-electron chi connectivity index (χ0n) is 17.2. The number of nitrogens with zero attached hydrogens (tertiary/aromatic N) is 3. The van der Waals surface area contributed by atoms with Crippen molar-refractivity contribution in [2.45, 2.75) is 19.5 Å². The van der Waals surface area contributed by atoms with Gasteiger partial charge < -0.3 is 15.5 Å². The molecular formula is C20H27N5O4S. The van der Waals surface area contributed by atoms with Gasteiger partial charge in [-0.25, -0.2) is 0 Å². The van der Waals surface area contributed by atoms with Gasteiger partial charge in [-0.3, -0.25) is 29.0 Å². The van der Waals surface area contributed by atoms with E-state index in [1.807, 2.05) is 6.92 Å². The number of carbonyl (C=O) groups excluding carboxylic acids is 4. The van der Waals surface area contributed by atoms with Gasteiger partial charge >= 0.3 is 11.8 Å². The number of benzene rings is 1. The SMILES string of the molecule is CC(CN1CCN(C)CC1)NC(=O)C(=O)Nc1ccc(CN2C(=O)CSC2=O)cc1. The van der Waals surface area contributed by atoms with Crippen molar-refractivity contribution >= 4 is 40.4 Å². The van der Waals surface area contributed by atoms with E-state index in [-0.39, 0.29) is 29.5 Å². The number of rotatable bonds is 6. The van der Waals surface area contributed by atoms with Crippen molar-refractivity contribution in [3.8, 4) is 0 Å². The molecule has 0 radical (unpaired) electrons. The minimum absolute atomic E-state index is 0.137. The summed E-state index contributed by atoms with van der Waals surface area (Å²) in [4.78, 5) is 53.5. The quantitative estimate of drug-likeness (QED) is 0.633. The lowest BCUT2D eigenvalue weighted by molar-refractivity contribution is -0.136. The van der Waals surface area contributed by atoms with Gasteiger partial charge in [0.05, 0.1) is 12.3 Å². The van der Waals surface area contributed by atoms with Gasteiger partial charge in [-0.15, -0.1) is 0 Å². The van der Waals surface area contributed by atoms with E-state index >= 15 is 0 Å². The van der Waals surface area contributed by atoms with E-state index in [1.54, 1.807) is 24.3 Å². The first-order valence-corrected chi connectivity index (χ1v) is 10.9. The fraction of sp³-hybridized carbons (Fsp3) is 0.500. The zero-order chi connectivity index (χ0) is 21.7. The number of piperazine rings is 1. The second-order valence-corrected chi connectivity index (χ2v) is 8.59. The van der Waals surface area contributed by atoms with Crippen LogP contribution in [0.1, 0.15) is 12.5 Å². The molecule has 1 unspecified atom stereocenters. The summed E-state index contributed by atoms with van der Waals surface area (Å²) < 4.78 is 0. The average Bonchev–Trinajstić information content (AvgIpc) is 3.03. The third-order valence-electron chi connectivity index (χ3n) is 5.10. The first-order valence-electron chi connectivity index (χ1n) is 9.90. The minimum Gasteiger partial charge on any atom is -0.344 e. The molecule has 0 aromatic heterocycles. The van der Waals surface area contributed by atoms with Crippen LogP contribution in [0.2, 0.25) is 0 Å². The van der Waals surface area contributed by atoms with Crippen molar-refractivity contribution in [1.82, 2.24) is 20.0 Å². The third-order valence-corrected chi connectivity index (χ3v) is 5.96. The molecule has 0 saturated carbocycles. The summed E-state index contributed by atoms with van der Waals surface area (Å²) in [6.45, 7) is 6.67. The van der Waals surface area contributed by atoms with Gasteiger partial charge in [0.2, 0.25) is 5.91 Å². The molecule has 4 amide bonds. The molecule has 9 nitrogen and oxygen atoms in total. The van der Waals surface area contributed by atoms with Crippen LogP contribution in [0.4, 0.5) is 10.5 Å². The van der Waals surface area contributed by atoms with Crippen LogP contribution in [0.3, 0.4) is 0 Å². The zero-order valence-corrected chi connectivity index (χ0v) is 18.0. The van der Waals surface area contributed by atoms with Crippen molar-refractivity contribution in [2.75, 3.05) is 50.8 Å². The molecule has 0 aliphatic carbocycles. The van der Waals surface area contributed by atoms with E-state index < -0.39 is 11.8 Å². The molecular weight excluding hydrogens is 406 g/mol. The van der Waals surface area contributed by atoms with Crippen molar-refractivity contribution in [1.29, 1.82) is 0 Å². The molecule has 2 aliphatic rings. The van der Waals surface area contributed by atoms with Crippen molar-refractivity contribution in [3.05, 3.63) is 29.8 Å². The lowest BCUT2D eigenvalue weighted by Crippen LogP contribution is -2.51. The second kappa shape index (κ2) is 10.1. The van der Waals surface area contributed by atoms with Crippen LogP contribution in [0.15, 0.2) is 24.3 Å². The lowest BCUT2D eigenvalue weighted by Gasteiger charge is -2.33. The number of amides is 4. The highest BCUT2D eigenvalue weighted by atomic mass is 32.2. The lowest BCUT2D eigenvalue weighted by atomic mass is 10.2. The van der Waals surface area contributed by atoms with Crippen molar-refractivity contribution in [2.24, 2.45) is 0 Å². The summed E-state index contributed by atoms with van der Waals surface area (Å²) in [5.41, 5.74) is 1.24. The van der Waals surface area contributed by atoms with Crippen LogP contribution < -0.4 is 10.6 Å². The van der Waals surface area contributed by atoms with Gasteiger partial charge in [0, 0.05) is 44.5 Å². The van der Waals surface area contributed by atoms with Crippen molar-refractivity contribution in [3.63, 3.8) is 0 Å². The molecule has 162 valence electrons. The molecule has 1 aromatic rings. The van der Waals surface area contributed by atoms with Crippen LogP contribution in [0, 0.1) is 0 Å². The Balaban J connectivity index is 1.45. The normalized spacial score (nSPS) is 19.1. The number of carbonyl (C=O) groups is 4. The predicted octanol–water partition coefficient (Wildman–Crippen LogP) is 0.573. The number of hydrogen-bond donors (Lipinski definition) is 2. The van der Waals surface area contributed by atoms with Crippen LogP contribution >= 0.6 is 11.8 Å². The second-order valence-electron chi connectivity index (χ2n) is 7.66. The van der Waals surface area contributed by atoms with E-state index in [4.69, 9.17) is 0 Å². The van der Waals surface area contributed by atoms with Crippen molar-refractivity contribution < 1.29 is 19.2 Å². The highest BCUT2D eigenvalue weighted by molar-refractivity contribution is 8.14. The highest BCUT2D eigenvalue weighted by Gasteiger charge is 2.29. The van der Waals surface area contributed by atoms with Gasteiger partial charge in [-0.1, -0.05) is 23.9 Å². The molecule has 0 spiro atoms. The number of thioether (sulfide) groups is 1. The maximum absolute atomic E-state index is 12.2. The first-order chi connectivity index (χ1) is 14.3. The molecule has 2 saturated heterocycles. The topological polar surface area (TPSA) is 102 Å². The molecule has 2 aliphatic heterocycles. The largest absolute Gasteiger partial charge is 0.344 e. The Morgan fingerprint density at radius 2 is 1.73 bits per heavy atom. The summed E-state index contributed by atoms with van der Waals surface area (Å²) >= 11 is 0.994. The van der Waals surface area contributed by atoms with Gasteiger partial charge in [0.15, 0.2) is 0 Å². The number of anilines is 1. The Morgan fingerprint density at radius 1 is 1.07 bits per heavy atom. The molecule has 1 atom stereocenters. The molecule has 30 heavy (non-hydrogen) atoms. The van der Waals surface area contributed by atoms with E-state index in [9.17, 15) is 19.2 Å². The fourth-order valence-corrected chi connectivity index (χ4v) is 4.08. The molecule has 2 heterocycles. The van der Waals surface area contributed by atoms with Crippen LogP contribution in [0.25, 0.3) is 0 Å². The van der Waals surface area contributed by atoms with Gasteiger partial charge in [0.25, 0.3) is 5.24 Å². The first kappa shape index (κ1) is 22.3. The Kier molecular flexibility index (Phi) is 7.46. The van der Waals surface area contributed by atoms with Crippen LogP contribution in [-0.2, 0) is 20.9 Å². The third kappa shape index (κ3) is 6.04. The number of imide groups is 1. The van der Waals surface area contributed by atoms with E-state index in [0.717, 1.165) is 43.5 Å². The summed E-state index contributed by atoms with van der Waals surface area (Å²) in [5.74, 6) is -1.43. The minimum atomic E-state index is -0.728. The van der Waals surface area contributed by atoms with Gasteiger partial charge in [0.1, 0.15) is 0 Å². The van der Waals surface area contributed by atoms with Crippen LogP contribution in [-0.4, -0.2) is 89.2 Å². The van der Waals surface area contributed by atoms with Gasteiger partial charge in [-0.05, 0) is 31.7 Å². The van der Waals surface area contributed by atoms with E-state index in [0.29, 0.717) is 12.2 Å². The average molecular weight is 434 g/mol. The fourth-order valence-electron chi connectivity index (χ4n) is 3.35. The molecule has 3 rings (SSSR count). The van der Waals surface area contributed by atoms with Crippen LogP contribution in [0.5, 0.6) is 0 Å². The Morgan fingerprint density at radius 3 is 2.33 bits per heavy atom. The highest BCUT2D eigenvalue weighted by Crippen LogP contribution is 2.21. The number of hydrogen-bond acceptors (Lipinski definition) is 7. The summed E-state index contributed by atoms with van der Waals surface area (Å²) in [6, 6.07) is 6.58. The molecule has 2 fully saturated rings. The smallest absolute Gasteiger partial charge is 0.313 e. The van der Waals surface area contributed by atoms with Gasteiger partial charge in [-0.2, -0.15) is 0 Å². The predicted molar refractivity (Wildman–Crippen MR) is 115 cm³/mol. The summed E-state index contributed by atoms with van der Waals surface area (Å²) in [7, 11) is 2.09. The maximum atomic E-state index is 12.2. The number of nitrogens with one attached hydrogen (secondary N) is 2. The van der Waals surface area contributed by atoms with E-state index in [2.05, 4.69) is 27.5 Å².